The van der Waals surface area contributed by atoms with Crippen LogP contribution in [0, 0.1) is 0 Å². The van der Waals surface area contributed by atoms with Gasteiger partial charge < -0.3 is 0 Å². The molecule has 0 radical (unpaired) electrons. The molecule has 0 nitrogen and oxygen atoms in total. The third kappa shape index (κ3) is 41.9. The monoisotopic (exact) mass is 558 g/mol. The maximum Gasteiger partial charge on any atom is 0.00313 e. The highest BCUT2D eigenvalue weighted by molar-refractivity contribution is 9.09. The Morgan fingerprint density at radius 1 is 0.229 bits per heavy atom. The van der Waals surface area contributed by atoms with Crippen LogP contribution in [0.15, 0.2) is 0 Å². The van der Waals surface area contributed by atoms with Crippen molar-refractivity contribution in [3.63, 3.8) is 0 Å². The molecular weight excluding hydrogens is 488 g/mol. The number of halogens is 1. The van der Waals surface area contributed by atoms with Crippen molar-refractivity contribution in [1.29, 1.82) is 0 Å². The SMILES string of the molecule is CCCCCCCCCCCCCCCC.CCCCCCCCCCCCCCCCCCBr. The van der Waals surface area contributed by atoms with Gasteiger partial charge in [0.05, 0.1) is 0 Å². The van der Waals surface area contributed by atoms with Gasteiger partial charge in [-0.1, -0.05) is 223 Å². The van der Waals surface area contributed by atoms with E-state index in [4.69, 9.17) is 0 Å². The first kappa shape index (κ1) is 37.6. The Kier molecular flexibility index (Phi) is 41.9. The molecule has 0 aliphatic heterocycles. The van der Waals surface area contributed by atoms with E-state index in [1.165, 1.54) is 198 Å². The lowest BCUT2D eigenvalue weighted by molar-refractivity contribution is 0.532. The average Bonchev–Trinajstić information content (AvgIpc) is 2.87. The van der Waals surface area contributed by atoms with Crippen molar-refractivity contribution < 1.29 is 0 Å². The van der Waals surface area contributed by atoms with Crippen LogP contribution in [-0.2, 0) is 0 Å². The van der Waals surface area contributed by atoms with Crippen molar-refractivity contribution in [2.45, 2.75) is 213 Å². The van der Waals surface area contributed by atoms with Crippen molar-refractivity contribution in [3.8, 4) is 0 Å². The molecule has 0 saturated carbocycles. The molecule has 0 aliphatic rings. The summed E-state index contributed by atoms with van der Waals surface area (Å²) in [5, 5.41) is 1.19. The highest BCUT2D eigenvalue weighted by atomic mass is 79.9. The first-order valence-corrected chi connectivity index (χ1v) is 18.0. The zero-order valence-electron chi connectivity index (χ0n) is 25.3. The van der Waals surface area contributed by atoms with Gasteiger partial charge in [0.15, 0.2) is 0 Å². The molecule has 0 N–H and O–H groups in total. The third-order valence-electron chi connectivity index (χ3n) is 7.44. The first-order valence-electron chi connectivity index (χ1n) is 16.9. The molecule has 0 spiro atoms. The first-order chi connectivity index (χ1) is 17.3. The van der Waals surface area contributed by atoms with Crippen LogP contribution in [0.25, 0.3) is 0 Å². The van der Waals surface area contributed by atoms with Gasteiger partial charge in [-0.2, -0.15) is 0 Å². The number of alkyl halides is 1. The van der Waals surface area contributed by atoms with Crippen LogP contribution in [0.3, 0.4) is 0 Å². The summed E-state index contributed by atoms with van der Waals surface area (Å²) in [4.78, 5) is 0. The van der Waals surface area contributed by atoms with E-state index in [1.807, 2.05) is 0 Å². The second-order valence-corrected chi connectivity index (χ2v) is 12.0. The average molecular weight is 560 g/mol. The Balaban J connectivity index is 0. The minimum atomic E-state index is 1.19. The van der Waals surface area contributed by atoms with Crippen molar-refractivity contribution in [2.24, 2.45) is 0 Å². The maximum atomic E-state index is 3.49. The fraction of sp³-hybridized carbons (Fsp3) is 1.00. The van der Waals surface area contributed by atoms with Gasteiger partial charge in [0, 0.05) is 5.33 Å². The highest BCUT2D eigenvalue weighted by Crippen LogP contribution is 2.14. The molecule has 0 heterocycles. The molecule has 0 aliphatic carbocycles. The second kappa shape index (κ2) is 39.0. The molecule has 0 fully saturated rings. The zero-order chi connectivity index (χ0) is 25.9. The molecule has 214 valence electrons. The van der Waals surface area contributed by atoms with Crippen molar-refractivity contribution in [1.82, 2.24) is 0 Å². The van der Waals surface area contributed by atoms with Crippen molar-refractivity contribution in [3.05, 3.63) is 0 Å². The minimum absolute atomic E-state index is 1.19. The van der Waals surface area contributed by atoms with Crippen LogP contribution < -0.4 is 0 Å². The summed E-state index contributed by atoms with van der Waals surface area (Å²) in [5.74, 6) is 0. The normalized spacial score (nSPS) is 11.0. The van der Waals surface area contributed by atoms with E-state index in [1.54, 1.807) is 0 Å². The molecule has 0 bridgehead atoms. The van der Waals surface area contributed by atoms with Gasteiger partial charge in [-0.05, 0) is 6.42 Å². The number of hydrogen-bond donors (Lipinski definition) is 0. The van der Waals surface area contributed by atoms with E-state index < -0.39 is 0 Å². The van der Waals surface area contributed by atoms with E-state index in [0.29, 0.717) is 0 Å². The van der Waals surface area contributed by atoms with E-state index in [9.17, 15) is 0 Å². The maximum absolute atomic E-state index is 3.49. The van der Waals surface area contributed by atoms with Crippen LogP contribution >= 0.6 is 15.9 Å². The minimum Gasteiger partial charge on any atom is -0.0928 e. The van der Waals surface area contributed by atoms with E-state index in [-0.39, 0.29) is 0 Å². The van der Waals surface area contributed by atoms with Gasteiger partial charge >= 0.3 is 0 Å². The summed E-state index contributed by atoms with van der Waals surface area (Å²) < 4.78 is 0. The quantitative estimate of drug-likeness (QED) is 0.0631. The summed E-state index contributed by atoms with van der Waals surface area (Å²) in [6.07, 6.45) is 43.7. The van der Waals surface area contributed by atoms with Crippen LogP contribution in [0.4, 0.5) is 0 Å². The van der Waals surface area contributed by atoms with Crippen LogP contribution in [-0.4, -0.2) is 5.33 Å². The lowest BCUT2D eigenvalue weighted by Crippen LogP contribution is -1.83. The van der Waals surface area contributed by atoms with E-state index >= 15 is 0 Å². The van der Waals surface area contributed by atoms with Gasteiger partial charge in [0.25, 0.3) is 0 Å². The smallest absolute Gasteiger partial charge is 0.00313 e. The van der Waals surface area contributed by atoms with Gasteiger partial charge in [-0.25, -0.2) is 0 Å². The Morgan fingerprint density at radius 3 is 0.514 bits per heavy atom. The molecule has 0 aromatic rings. The van der Waals surface area contributed by atoms with E-state index in [2.05, 4.69) is 36.7 Å². The molecule has 0 unspecified atom stereocenters. The predicted octanol–water partition coefficient (Wildman–Crippen LogP) is 14.1. The Morgan fingerprint density at radius 2 is 0.371 bits per heavy atom. The predicted molar refractivity (Wildman–Crippen MR) is 169 cm³/mol. The molecule has 1 heteroatoms. The lowest BCUT2D eigenvalue weighted by atomic mass is 10.0. The number of unbranched alkanes of at least 4 members (excludes halogenated alkanes) is 28. The Labute approximate surface area is 234 Å². The van der Waals surface area contributed by atoms with Gasteiger partial charge in [-0.3, -0.25) is 0 Å². The van der Waals surface area contributed by atoms with E-state index in [0.717, 1.165) is 0 Å². The molecule has 35 heavy (non-hydrogen) atoms. The molecule has 0 aromatic carbocycles. The van der Waals surface area contributed by atoms with Gasteiger partial charge in [0.1, 0.15) is 0 Å². The van der Waals surface area contributed by atoms with Crippen LogP contribution in [0.2, 0.25) is 0 Å². The summed E-state index contributed by atoms with van der Waals surface area (Å²) in [7, 11) is 0. The fourth-order valence-corrected chi connectivity index (χ4v) is 5.31. The molecule has 0 atom stereocenters. The molecule has 0 rings (SSSR count). The molecular formula is C34H71Br. The second-order valence-electron chi connectivity index (χ2n) is 11.2. The summed E-state index contributed by atoms with van der Waals surface area (Å²) in [5.41, 5.74) is 0. The zero-order valence-corrected chi connectivity index (χ0v) is 26.9. The Hall–Kier alpha value is 0.480. The highest BCUT2D eigenvalue weighted by Gasteiger charge is 1.95. The topological polar surface area (TPSA) is 0 Å². The summed E-state index contributed by atoms with van der Waals surface area (Å²) in [6, 6.07) is 0. The number of rotatable bonds is 29. The van der Waals surface area contributed by atoms with Crippen molar-refractivity contribution >= 4 is 15.9 Å². The summed E-state index contributed by atoms with van der Waals surface area (Å²) in [6.45, 7) is 6.87. The van der Waals surface area contributed by atoms with Crippen molar-refractivity contribution in [2.75, 3.05) is 5.33 Å². The lowest BCUT2D eigenvalue weighted by Gasteiger charge is -2.03. The number of hydrogen-bond acceptors (Lipinski definition) is 0. The molecule has 0 aromatic heterocycles. The molecule has 0 saturated heterocycles. The third-order valence-corrected chi connectivity index (χ3v) is 8.01. The van der Waals surface area contributed by atoms with Gasteiger partial charge in [0.2, 0.25) is 0 Å². The van der Waals surface area contributed by atoms with Crippen LogP contribution in [0.1, 0.15) is 213 Å². The standard InChI is InChI=1S/C18H37Br.C16H34/c1-2-3-4-5-6-7-8-9-10-11-12-13-14-15-16-17-18-19;1-3-5-7-9-11-13-15-16-14-12-10-8-6-4-2/h2-18H2,1H3;3-16H2,1-2H3. The fourth-order valence-electron chi connectivity index (χ4n) is 4.91. The largest absolute Gasteiger partial charge is 0.0928 e. The summed E-state index contributed by atoms with van der Waals surface area (Å²) >= 11 is 3.49. The Bertz CT molecular complexity index is 284. The molecule has 0 amide bonds. The van der Waals surface area contributed by atoms with Gasteiger partial charge in [-0.15, -0.1) is 0 Å². The van der Waals surface area contributed by atoms with Crippen LogP contribution in [0.5, 0.6) is 0 Å².